The number of hydrogen-bond donors (Lipinski definition) is 3. The SMILES string of the molecule is Nc1cccc2[nH]c(CC3CCC(NCc4ccccc4F)CC3)nc12. The largest absolute Gasteiger partial charge is 0.397 e. The van der Waals surface area contributed by atoms with E-state index in [1.165, 1.54) is 18.9 Å². The molecule has 5 heteroatoms. The summed E-state index contributed by atoms with van der Waals surface area (Å²) in [6.45, 7) is 0.602. The van der Waals surface area contributed by atoms with Crippen LogP contribution in [0, 0.1) is 11.7 Å². The fourth-order valence-electron chi connectivity index (χ4n) is 3.94. The van der Waals surface area contributed by atoms with Crippen molar-refractivity contribution in [3.05, 3.63) is 59.7 Å². The Labute approximate surface area is 153 Å². The van der Waals surface area contributed by atoms with Gasteiger partial charge in [-0.15, -0.1) is 0 Å². The number of para-hydroxylation sites is 1. The number of aromatic nitrogens is 2. The molecule has 0 radical (unpaired) electrons. The van der Waals surface area contributed by atoms with Gasteiger partial charge in [-0.25, -0.2) is 9.37 Å². The molecule has 1 aromatic heterocycles. The molecule has 136 valence electrons. The Bertz CT molecular complexity index is 881. The summed E-state index contributed by atoms with van der Waals surface area (Å²) in [6.07, 6.45) is 5.56. The summed E-state index contributed by atoms with van der Waals surface area (Å²) < 4.78 is 13.7. The minimum Gasteiger partial charge on any atom is -0.397 e. The fraction of sp³-hybridized carbons (Fsp3) is 0.381. The Morgan fingerprint density at radius 1 is 1.08 bits per heavy atom. The van der Waals surface area contributed by atoms with Gasteiger partial charge in [-0.3, -0.25) is 0 Å². The number of nitrogens with zero attached hydrogens (tertiary/aromatic N) is 1. The van der Waals surface area contributed by atoms with Crippen LogP contribution in [0.1, 0.15) is 37.1 Å². The first-order valence-corrected chi connectivity index (χ1v) is 9.39. The molecule has 26 heavy (non-hydrogen) atoms. The lowest BCUT2D eigenvalue weighted by Gasteiger charge is -2.29. The number of nitrogens with one attached hydrogen (secondary N) is 2. The second kappa shape index (κ2) is 7.46. The van der Waals surface area contributed by atoms with Crippen molar-refractivity contribution in [2.24, 2.45) is 5.92 Å². The highest BCUT2D eigenvalue weighted by Gasteiger charge is 2.22. The number of fused-ring (bicyclic) bond motifs is 1. The smallest absolute Gasteiger partial charge is 0.127 e. The van der Waals surface area contributed by atoms with E-state index in [-0.39, 0.29) is 5.82 Å². The topological polar surface area (TPSA) is 66.7 Å². The standard InChI is InChI=1S/C21H25FN4/c22-17-5-2-1-4-15(17)13-24-16-10-8-14(9-11-16)12-20-25-19-7-3-6-18(23)21(19)26-20/h1-7,14,16,24H,8-13,23H2,(H,25,26). The molecule has 1 aliphatic rings. The number of H-pyrrole nitrogens is 1. The van der Waals surface area contributed by atoms with E-state index in [1.54, 1.807) is 6.07 Å². The van der Waals surface area contributed by atoms with Crippen LogP contribution in [0.15, 0.2) is 42.5 Å². The number of anilines is 1. The van der Waals surface area contributed by atoms with Crippen molar-refractivity contribution in [2.45, 2.75) is 44.7 Å². The highest BCUT2D eigenvalue weighted by Crippen LogP contribution is 2.28. The predicted molar refractivity (Wildman–Crippen MR) is 103 cm³/mol. The first-order chi connectivity index (χ1) is 12.7. The number of nitrogen functional groups attached to an aromatic ring is 1. The van der Waals surface area contributed by atoms with Crippen LogP contribution in [-0.4, -0.2) is 16.0 Å². The maximum absolute atomic E-state index is 13.7. The lowest BCUT2D eigenvalue weighted by Crippen LogP contribution is -2.33. The molecule has 0 amide bonds. The van der Waals surface area contributed by atoms with Crippen LogP contribution in [0.4, 0.5) is 10.1 Å². The molecule has 0 saturated heterocycles. The molecule has 4 rings (SSSR count). The molecular weight excluding hydrogens is 327 g/mol. The molecule has 2 aromatic carbocycles. The summed E-state index contributed by atoms with van der Waals surface area (Å²) in [5.41, 5.74) is 9.36. The van der Waals surface area contributed by atoms with Gasteiger partial charge in [0.05, 0.1) is 11.2 Å². The van der Waals surface area contributed by atoms with Gasteiger partial charge in [-0.05, 0) is 49.8 Å². The van der Waals surface area contributed by atoms with E-state index in [0.717, 1.165) is 47.4 Å². The van der Waals surface area contributed by atoms with E-state index in [4.69, 9.17) is 5.73 Å². The number of benzene rings is 2. The molecule has 1 aliphatic carbocycles. The van der Waals surface area contributed by atoms with Crippen molar-refractivity contribution in [3.8, 4) is 0 Å². The van der Waals surface area contributed by atoms with Gasteiger partial charge in [0.15, 0.2) is 0 Å². The lowest BCUT2D eigenvalue weighted by molar-refractivity contribution is 0.286. The van der Waals surface area contributed by atoms with Crippen LogP contribution in [-0.2, 0) is 13.0 Å². The van der Waals surface area contributed by atoms with Crippen LogP contribution in [0.3, 0.4) is 0 Å². The van der Waals surface area contributed by atoms with Crippen molar-refractivity contribution in [2.75, 3.05) is 5.73 Å². The molecule has 1 fully saturated rings. The third-order valence-electron chi connectivity index (χ3n) is 5.46. The van der Waals surface area contributed by atoms with Crippen LogP contribution >= 0.6 is 0 Å². The summed E-state index contributed by atoms with van der Waals surface area (Å²) in [7, 11) is 0. The number of aromatic amines is 1. The van der Waals surface area contributed by atoms with E-state index in [1.807, 2.05) is 30.3 Å². The van der Waals surface area contributed by atoms with E-state index >= 15 is 0 Å². The van der Waals surface area contributed by atoms with Crippen molar-refractivity contribution in [1.82, 2.24) is 15.3 Å². The van der Waals surface area contributed by atoms with Crippen LogP contribution < -0.4 is 11.1 Å². The summed E-state index contributed by atoms with van der Waals surface area (Å²) in [5, 5.41) is 3.51. The number of nitrogens with two attached hydrogens (primary N) is 1. The molecule has 4 nitrogen and oxygen atoms in total. The van der Waals surface area contributed by atoms with Gasteiger partial charge in [0, 0.05) is 24.6 Å². The minimum atomic E-state index is -0.127. The lowest BCUT2D eigenvalue weighted by atomic mass is 9.84. The fourth-order valence-corrected chi connectivity index (χ4v) is 3.94. The zero-order chi connectivity index (χ0) is 17.9. The summed E-state index contributed by atoms with van der Waals surface area (Å²) in [6, 6.07) is 13.3. The first-order valence-electron chi connectivity index (χ1n) is 9.39. The average Bonchev–Trinajstić information content (AvgIpc) is 3.06. The van der Waals surface area contributed by atoms with Crippen molar-refractivity contribution < 1.29 is 4.39 Å². The zero-order valence-electron chi connectivity index (χ0n) is 14.8. The van der Waals surface area contributed by atoms with Crippen LogP contribution in [0.25, 0.3) is 11.0 Å². The summed E-state index contributed by atoms with van der Waals surface area (Å²) in [5.74, 6) is 1.54. The van der Waals surface area contributed by atoms with Crippen molar-refractivity contribution >= 4 is 16.7 Å². The van der Waals surface area contributed by atoms with E-state index in [0.29, 0.717) is 18.5 Å². The number of hydrogen-bond acceptors (Lipinski definition) is 3. The van der Waals surface area contributed by atoms with E-state index in [2.05, 4.69) is 15.3 Å². The Balaban J connectivity index is 1.29. The van der Waals surface area contributed by atoms with Crippen LogP contribution in [0.2, 0.25) is 0 Å². The van der Waals surface area contributed by atoms with Gasteiger partial charge in [-0.2, -0.15) is 0 Å². The van der Waals surface area contributed by atoms with Gasteiger partial charge in [0.2, 0.25) is 0 Å². The highest BCUT2D eigenvalue weighted by atomic mass is 19.1. The Morgan fingerprint density at radius 2 is 1.88 bits per heavy atom. The second-order valence-electron chi connectivity index (χ2n) is 7.32. The average molecular weight is 352 g/mol. The minimum absolute atomic E-state index is 0.127. The monoisotopic (exact) mass is 352 g/mol. The molecule has 4 N–H and O–H groups in total. The maximum Gasteiger partial charge on any atom is 0.127 e. The second-order valence-corrected chi connectivity index (χ2v) is 7.32. The van der Waals surface area contributed by atoms with Crippen molar-refractivity contribution in [1.29, 1.82) is 0 Å². The Kier molecular flexibility index (Phi) is 4.89. The van der Waals surface area contributed by atoms with Gasteiger partial charge in [0.1, 0.15) is 17.2 Å². The van der Waals surface area contributed by atoms with Gasteiger partial charge in [0.25, 0.3) is 0 Å². The third-order valence-corrected chi connectivity index (χ3v) is 5.46. The Morgan fingerprint density at radius 3 is 2.65 bits per heavy atom. The quantitative estimate of drug-likeness (QED) is 0.604. The molecule has 1 heterocycles. The van der Waals surface area contributed by atoms with E-state index < -0.39 is 0 Å². The Hall–Kier alpha value is -2.40. The number of halogens is 1. The molecule has 0 bridgehead atoms. The highest BCUT2D eigenvalue weighted by molar-refractivity contribution is 5.86. The summed E-state index contributed by atoms with van der Waals surface area (Å²) in [4.78, 5) is 8.07. The summed E-state index contributed by atoms with van der Waals surface area (Å²) >= 11 is 0. The molecule has 0 aliphatic heterocycles. The number of imidazole rings is 1. The number of rotatable bonds is 5. The first kappa shape index (κ1) is 17.0. The molecule has 0 spiro atoms. The third kappa shape index (κ3) is 3.73. The zero-order valence-corrected chi connectivity index (χ0v) is 14.8. The molecule has 3 aromatic rings. The van der Waals surface area contributed by atoms with Gasteiger partial charge in [-0.1, -0.05) is 24.3 Å². The molecule has 0 atom stereocenters. The van der Waals surface area contributed by atoms with Gasteiger partial charge < -0.3 is 16.0 Å². The van der Waals surface area contributed by atoms with Gasteiger partial charge >= 0.3 is 0 Å². The van der Waals surface area contributed by atoms with Crippen molar-refractivity contribution in [3.63, 3.8) is 0 Å². The molecule has 0 unspecified atom stereocenters. The predicted octanol–water partition coefficient (Wildman–Crippen LogP) is 4.18. The van der Waals surface area contributed by atoms with E-state index in [9.17, 15) is 4.39 Å². The normalized spacial score (nSPS) is 20.5. The molecular formula is C21H25FN4. The maximum atomic E-state index is 13.7. The van der Waals surface area contributed by atoms with Crippen LogP contribution in [0.5, 0.6) is 0 Å². The molecule has 1 saturated carbocycles.